The van der Waals surface area contributed by atoms with Gasteiger partial charge in [-0.15, -0.1) is 0 Å². The topological polar surface area (TPSA) is 31.4 Å². The molecule has 0 spiro atoms. The summed E-state index contributed by atoms with van der Waals surface area (Å²) in [5.41, 5.74) is 2.63. The first-order valence-corrected chi connectivity index (χ1v) is 6.83. The van der Waals surface area contributed by atoms with E-state index in [4.69, 9.17) is 0 Å². The molecule has 0 aliphatic heterocycles. The lowest BCUT2D eigenvalue weighted by atomic mass is 10.1. The zero-order chi connectivity index (χ0) is 14.5. The van der Waals surface area contributed by atoms with Crippen molar-refractivity contribution in [2.45, 2.75) is 32.9 Å². The van der Waals surface area contributed by atoms with Crippen molar-refractivity contribution < 1.29 is 0 Å². The van der Waals surface area contributed by atoms with Gasteiger partial charge in [-0.1, -0.05) is 0 Å². The van der Waals surface area contributed by atoms with Gasteiger partial charge in [0.05, 0.1) is 0 Å². The van der Waals surface area contributed by atoms with Gasteiger partial charge in [0.2, 0.25) is 0 Å². The lowest BCUT2D eigenvalue weighted by molar-refractivity contribution is 0.414. The highest BCUT2D eigenvalue weighted by Gasteiger charge is 2.12. The number of aromatic nitrogens is 1. The number of anilines is 1. The van der Waals surface area contributed by atoms with Gasteiger partial charge < -0.3 is 15.1 Å². The Labute approximate surface area is 117 Å². The van der Waals surface area contributed by atoms with Gasteiger partial charge >= 0.3 is 0 Å². The molecule has 0 atom stereocenters. The highest BCUT2D eigenvalue weighted by atomic mass is 15.2. The molecule has 0 bridgehead atoms. The quantitative estimate of drug-likeness (QED) is 0.851. The minimum atomic E-state index is 0.120. The van der Waals surface area contributed by atoms with Crippen molar-refractivity contribution in [3.63, 3.8) is 0 Å². The lowest BCUT2D eigenvalue weighted by Gasteiger charge is -2.26. The maximum atomic E-state index is 4.25. The molecule has 0 aliphatic carbocycles. The second-order valence-electron chi connectivity index (χ2n) is 6.33. The number of rotatable bonds is 6. The maximum absolute atomic E-state index is 4.25. The van der Waals surface area contributed by atoms with Crippen LogP contribution in [0.15, 0.2) is 18.5 Å². The summed E-state index contributed by atoms with van der Waals surface area (Å²) in [6.45, 7) is 9.44. The molecule has 0 aliphatic rings. The van der Waals surface area contributed by atoms with Gasteiger partial charge in [-0.05, 0) is 40.9 Å². The molecular formula is C15H28N4. The average Bonchev–Trinajstić information content (AvgIpc) is 2.33. The number of hydrogen-bond donors (Lipinski definition) is 1. The van der Waals surface area contributed by atoms with E-state index in [1.54, 1.807) is 0 Å². The molecule has 0 saturated heterocycles. The molecule has 1 heterocycles. The van der Waals surface area contributed by atoms with Crippen molar-refractivity contribution in [3.05, 3.63) is 24.0 Å². The lowest BCUT2D eigenvalue weighted by Crippen LogP contribution is -2.36. The fourth-order valence-corrected chi connectivity index (χ4v) is 1.76. The fraction of sp³-hybridized carbons (Fsp3) is 0.667. The van der Waals surface area contributed by atoms with Crippen LogP contribution < -0.4 is 10.2 Å². The Morgan fingerprint density at radius 2 is 1.84 bits per heavy atom. The van der Waals surface area contributed by atoms with E-state index in [0.29, 0.717) is 0 Å². The smallest absolute Gasteiger partial charge is 0.0440 e. The molecule has 0 radical (unpaired) electrons. The summed E-state index contributed by atoms with van der Waals surface area (Å²) in [6.07, 6.45) is 3.82. The maximum Gasteiger partial charge on any atom is 0.0440 e. The molecule has 0 amide bonds. The second-order valence-corrected chi connectivity index (χ2v) is 6.33. The highest BCUT2D eigenvalue weighted by molar-refractivity contribution is 5.51. The molecule has 4 heteroatoms. The van der Waals surface area contributed by atoms with E-state index in [1.165, 1.54) is 11.3 Å². The normalized spacial score (nSPS) is 11.9. The predicted octanol–water partition coefficient (Wildman–Crippen LogP) is 1.97. The zero-order valence-corrected chi connectivity index (χ0v) is 13.2. The molecule has 1 rings (SSSR count). The van der Waals surface area contributed by atoms with E-state index in [-0.39, 0.29) is 5.54 Å². The Morgan fingerprint density at radius 1 is 1.16 bits per heavy atom. The Hall–Kier alpha value is -1.13. The van der Waals surface area contributed by atoms with Crippen LogP contribution in [0.1, 0.15) is 26.3 Å². The summed E-state index contributed by atoms with van der Waals surface area (Å²) in [4.78, 5) is 8.74. The van der Waals surface area contributed by atoms with Crippen LogP contribution in [0.4, 0.5) is 5.69 Å². The van der Waals surface area contributed by atoms with Crippen molar-refractivity contribution in [2.75, 3.05) is 39.1 Å². The summed E-state index contributed by atoms with van der Waals surface area (Å²) < 4.78 is 0. The SMILES string of the molecule is CN(C)CCN(C)c1ccncc1CNC(C)(C)C. The molecule has 108 valence electrons. The third-order valence-electron chi connectivity index (χ3n) is 2.98. The summed E-state index contributed by atoms with van der Waals surface area (Å²) in [5, 5.41) is 3.52. The fourth-order valence-electron chi connectivity index (χ4n) is 1.76. The van der Waals surface area contributed by atoms with E-state index in [1.807, 2.05) is 12.4 Å². The van der Waals surface area contributed by atoms with Gasteiger partial charge in [0, 0.05) is 55.9 Å². The van der Waals surface area contributed by atoms with Crippen LogP contribution in [0.25, 0.3) is 0 Å². The number of nitrogens with one attached hydrogen (secondary N) is 1. The Kier molecular flexibility index (Phi) is 5.76. The minimum Gasteiger partial charge on any atom is -0.373 e. The van der Waals surface area contributed by atoms with Crippen LogP contribution in [-0.2, 0) is 6.54 Å². The molecule has 19 heavy (non-hydrogen) atoms. The standard InChI is InChI=1S/C15H28N4/c1-15(2,3)17-12-13-11-16-8-7-14(13)19(6)10-9-18(4)5/h7-8,11,17H,9-10,12H2,1-6H3. The molecule has 0 aromatic carbocycles. The van der Waals surface area contributed by atoms with Crippen LogP contribution in [-0.4, -0.2) is 49.7 Å². The third-order valence-corrected chi connectivity index (χ3v) is 2.98. The van der Waals surface area contributed by atoms with Crippen LogP contribution in [0.2, 0.25) is 0 Å². The molecule has 1 N–H and O–H groups in total. The van der Waals surface area contributed by atoms with Crippen molar-refractivity contribution in [1.29, 1.82) is 0 Å². The minimum absolute atomic E-state index is 0.120. The number of nitrogens with zero attached hydrogens (tertiary/aromatic N) is 3. The van der Waals surface area contributed by atoms with Crippen molar-refractivity contribution in [3.8, 4) is 0 Å². The van der Waals surface area contributed by atoms with Gasteiger partial charge in [0.15, 0.2) is 0 Å². The number of hydrogen-bond acceptors (Lipinski definition) is 4. The molecule has 0 saturated carbocycles. The predicted molar refractivity (Wildman–Crippen MR) is 82.7 cm³/mol. The van der Waals surface area contributed by atoms with Crippen LogP contribution >= 0.6 is 0 Å². The number of pyridine rings is 1. The van der Waals surface area contributed by atoms with Crippen molar-refractivity contribution in [2.24, 2.45) is 0 Å². The molecule has 1 aromatic rings. The van der Waals surface area contributed by atoms with Crippen LogP contribution in [0, 0.1) is 0 Å². The van der Waals surface area contributed by atoms with E-state index in [9.17, 15) is 0 Å². The largest absolute Gasteiger partial charge is 0.373 e. The van der Waals surface area contributed by atoms with Crippen LogP contribution in [0.3, 0.4) is 0 Å². The monoisotopic (exact) mass is 264 g/mol. The van der Waals surface area contributed by atoms with E-state index in [0.717, 1.165) is 19.6 Å². The average molecular weight is 264 g/mol. The molecule has 0 fully saturated rings. The first-order chi connectivity index (χ1) is 8.79. The summed E-state index contributed by atoms with van der Waals surface area (Å²) >= 11 is 0. The van der Waals surface area contributed by atoms with E-state index < -0.39 is 0 Å². The third kappa shape index (κ3) is 6.03. The van der Waals surface area contributed by atoms with Crippen LogP contribution in [0.5, 0.6) is 0 Å². The Balaban J connectivity index is 2.72. The van der Waals surface area contributed by atoms with Gasteiger partial charge in [0.25, 0.3) is 0 Å². The number of likely N-dealkylation sites (N-methyl/N-ethyl adjacent to an activating group) is 2. The van der Waals surface area contributed by atoms with Crippen molar-refractivity contribution in [1.82, 2.24) is 15.2 Å². The summed E-state index contributed by atoms with van der Waals surface area (Å²) in [6, 6.07) is 2.09. The van der Waals surface area contributed by atoms with Crippen molar-refractivity contribution >= 4 is 5.69 Å². The first kappa shape index (κ1) is 15.9. The summed E-state index contributed by atoms with van der Waals surface area (Å²) in [5.74, 6) is 0. The molecule has 0 unspecified atom stereocenters. The second kappa shape index (κ2) is 6.87. The molecule has 4 nitrogen and oxygen atoms in total. The molecule has 1 aromatic heterocycles. The van der Waals surface area contributed by atoms with Gasteiger partial charge in [-0.25, -0.2) is 0 Å². The van der Waals surface area contributed by atoms with Gasteiger partial charge in [0.1, 0.15) is 0 Å². The van der Waals surface area contributed by atoms with Gasteiger partial charge in [-0.3, -0.25) is 4.98 Å². The van der Waals surface area contributed by atoms with Gasteiger partial charge in [-0.2, -0.15) is 0 Å². The highest BCUT2D eigenvalue weighted by Crippen LogP contribution is 2.18. The zero-order valence-electron chi connectivity index (χ0n) is 13.2. The Bertz CT molecular complexity index is 382. The summed E-state index contributed by atoms with van der Waals surface area (Å²) in [7, 11) is 6.34. The first-order valence-electron chi connectivity index (χ1n) is 6.83. The van der Waals surface area contributed by atoms with E-state index >= 15 is 0 Å². The Morgan fingerprint density at radius 3 is 2.42 bits per heavy atom. The van der Waals surface area contributed by atoms with E-state index in [2.05, 4.69) is 68.1 Å². The molecular weight excluding hydrogens is 236 g/mol.